The maximum Gasteiger partial charge on any atom is 0.415 e. The third-order valence-electron chi connectivity index (χ3n) is 6.52. The van der Waals surface area contributed by atoms with Gasteiger partial charge in [-0.15, -0.1) is 0 Å². The van der Waals surface area contributed by atoms with Crippen LogP contribution in [0.1, 0.15) is 38.2 Å². The second-order valence-electron chi connectivity index (χ2n) is 8.74. The molecule has 2 heterocycles. The van der Waals surface area contributed by atoms with Gasteiger partial charge in [-0.05, 0) is 68.9 Å². The van der Waals surface area contributed by atoms with Crippen molar-refractivity contribution in [2.24, 2.45) is 5.92 Å². The van der Waals surface area contributed by atoms with Crippen molar-refractivity contribution in [3.8, 4) is 11.8 Å². The second-order valence-corrected chi connectivity index (χ2v) is 8.74. The van der Waals surface area contributed by atoms with E-state index in [0.29, 0.717) is 24.6 Å². The van der Waals surface area contributed by atoms with Crippen molar-refractivity contribution in [2.75, 3.05) is 18.1 Å². The van der Waals surface area contributed by atoms with Gasteiger partial charge in [0.05, 0.1) is 47.8 Å². The fraction of sp³-hybridized carbons (Fsp3) is 0.400. The molecule has 2 atom stereocenters. The molecule has 1 aliphatic carbocycles. The summed E-state index contributed by atoms with van der Waals surface area (Å²) in [6, 6.07) is 15.4. The summed E-state index contributed by atoms with van der Waals surface area (Å²) < 4.78 is 13.7. The Labute approximate surface area is 187 Å². The van der Waals surface area contributed by atoms with Crippen LogP contribution in [0.2, 0.25) is 0 Å². The number of nitrogens with zero attached hydrogens (tertiary/aromatic N) is 4. The van der Waals surface area contributed by atoms with Crippen LogP contribution in [-0.2, 0) is 11.3 Å². The summed E-state index contributed by atoms with van der Waals surface area (Å²) in [6.07, 6.45) is 5.35. The standard InChI is InChI=1S/C25H26N4O3/c1-2-31-21-7-3-6-20(12-21)29-16-25(32-24(29)30)10-4-5-19(13-25)15-28-17-27-22-9-8-18(14-26)11-23(22)28/h3,6-9,11-12,17,19H,2,4-5,10,13,15-16H2,1H3/t19-,25-/m0/s1. The van der Waals surface area contributed by atoms with E-state index in [1.165, 1.54) is 0 Å². The van der Waals surface area contributed by atoms with Crippen LogP contribution in [-0.4, -0.2) is 34.4 Å². The van der Waals surface area contributed by atoms with Crippen molar-refractivity contribution in [1.29, 1.82) is 5.26 Å². The van der Waals surface area contributed by atoms with E-state index in [0.717, 1.165) is 54.7 Å². The Morgan fingerprint density at radius 2 is 2.22 bits per heavy atom. The number of aromatic nitrogens is 2. The lowest BCUT2D eigenvalue weighted by Crippen LogP contribution is -2.40. The number of imidazole rings is 1. The van der Waals surface area contributed by atoms with Crippen molar-refractivity contribution < 1.29 is 14.3 Å². The van der Waals surface area contributed by atoms with Crippen molar-refractivity contribution in [3.05, 3.63) is 54.4 Å². The number of benzene rings is 2. The number of nitriles is 1. The van der Waals surface area contributed by atoms with Gasteiger partial charge in [0, 0.05) is 12.6 Å². The highest BCUT2D eigenvalue weighted by atomic mass is 16.6. The lowest BCUT2D eigenvalue weighted by Gasteiger charge is -2.36. The number of carbonyl (C=O) groups excluding carboxylic acids is 1. The zero-order valence-corrected chi connectivity index (χ0v) is 18.2. The molecule has 0 bridgehead atoms. The molecule has 2 fully saturated rings. The Bertz CT molecular complexity index is 1200. The molecular formula is C25H26N4O3. The van der Waals surface area contributed by atoms with E-state index in [2.05, 4.69) is 15.6 Å². The van der Waals surface area contributed by atoms with Crippen LogP contribution < -0.4 is 9.64 Å². The predicted octanol–water partition coefficient (Wildman–Crippen LogP) is 4.89. The fourth-order valence-corrected chi connectivity index (χ4v) is 5.12. The van der Waals surface area contributed by atoms with Crippen molar-refractivity contribution >= 4 is 22.8 Å². The summed E-state index contributed by atoms with van der Waals surface area (Å²) in [7, 11) is 0. The molecule has 1 aromatic heterocycles. The normalized spacial score (nSPS) is 22.8. The molecule has 32 heavy (non-hydrogen) atoms. The molecule has 5 rings (SSSR count). The van der Waals surface area contributed by atoms with Crippen LogP contribution in [0.5, 0.6) is 5.75 Å². The Morgan fingerprint density at radius 3 is 3.06 bits per heavy atom. The van der Waals surface area contributed by atoms with Crippen LogP contribution in [0.25, 0.3) is 11.0 Å². The van der Waals surface area contributed by atoms with E-state index >= 15 is 0 Å². The first kappa shape index (κ1) is 20.4. The van der Waals surface area contributed by atoms with Gasteiger partial charge >= 0.3 is 6.09 Å². The lowest BCUT2D eigenvalue weighted by atomic mass is 9.78. The van der Waals surface area contributed by atoms with E-state index in [4.69, 9.17) is 9.47 Å². The summed E-state index contributed by atoms with van der Waals surface area (Å²) >= 11 is 0. The van der Waals surface area contributed by atoms with E-state index in [1.54, 1.807) is 11.0 Å². The van der Waals surface area contributed by atoms with Gasteiger partial charge in [-0.3, -0.25) is 4.90 Å². The highest BCUT2D eigenvalue weighted by Crippen LogP contribution is 2.42. The maximum atomic E-state index is 12.8. The Kier molecular flexibility index (Phi) is 5.22. The number of hydrogen-bond donors (Lipinski definition) is 0. The monoisotopic (exact) mass is 430 g/mol. The molecule has 164 valence electrons. The molecule has 1 saturated carbocycles. The third kappa shape index (κ3) is 3.77. The molecule has 1 amide bonds. The van der Waals surface area contributed by atoms with Gasteiger partial charge < -0.3 is 14.0 Å². The summed E-state index contributed by atoms with van der Waals surface area (Å²) in [5.41, 5.74) is 2.85. The van der Waals surface area contributed by atoms with Crippen LogP contribution in [0.4, 0.5) is 10.5 Å². The van der Waals surface area contributed by atoms with E-state index in [-0.39, 0.29) is 6.09 Å². The van der Waals surface area contributed by atoms with Crippen molar-refractivity contribution in [2.45, 2.75) is 44.8 Å². The first-order valence-corrected chi connectivity index (χ1v) is 11.2. The van der Waals surface area contributed by atoms with Gasteiger partial charge in [0.1, 0.15) is 11.4 Å². The van der Waals surface area contributed by atoms with Gasteiger partial charge in [0.15, 0.2) is 0 Å². The SMILES string of the molecule is CCOc1cccc(N2C[C@@]3(CCC[C@H](Cn4cnc5ccc(C#N)cc54)C3)OC2=O)c1. The third-order valence-corrected chi connectivity index (χ3v) is 6.52. The lowest BCUT2D eigenvalue weighted by molar-refractivity contribution is 0.00439. The average Bonchev–Trinajstić information content (AvgIpc) is 3.34. The van der Waals surface area contributed by atoms with E-state index in [9.17, 15) is 10.1 Å². The molecule has 1 aliphatic heterocycles. The topological polar surface area (TPSA) is 80.4 Å². The maximum absolute atomic E-state index is 12.8. The second kappa shape index (κ2) is 8.19. The highest BCUT2D eigenvalue weighted by Gasteiger charge is 2.48. The molecule has 3 aromatic rings. The predicted molar refractivity (Wildman–Crippen MR) is 121 cm³/mol. The number of amides is 1. The van der Waals surface area contributed by atoms with E-state index < -0.39 is 5.60 Å². The minimum atomic E-state index is -0.462. The minimum absolute atomic E-state index is 0.286. The number of hydrogen-bond acceptors (Lipinski definition) is 5. The largest absolute Gasteiger partial charge is 0.494 e. The van der Waals surface area contributed by atoms with E-state index in [1.807, 2.05) is 49.6 Å². The van der Waals surface area contributed by atoms with Gasteiger partial charge in [-0.2, -0.15) is 5.26 Å². The number of ether oxygens (including phenoxy) is 2. The Morgan fingerprint density at radius 1 is 1.31 bits per heavy atom. The molecule has 7 heteroatoms. The van der Waals surface area contributed by atoms with Crippen LogP contribution in [0, 0.1) is 17.2 Å². The smallest absolute Gasteiger partial charge is 0.415 e. The Balaban J connectivity index is 1.33. The minimum Gasteiger partial charge on any atom is -0.494 e. The first-order chi connectivity index (χ1) is 15.6. The van der Waals surface area contributed by atoms with Gasteiger partial charge in [-0.25, -0.2) is 9.78 Å². The molecule has 2 aliphatic rings. The molecular weight excluding hydrogens is 404 g/mol. The number of anilines is 1. The van der Waals surface area contributed by atoms with Crippen molar-refractivity contribution in [3.63, 3.8) is 0 Å². The molecule has 0 radical (unpaired) electrons. The van der Waals surface area contributed by atoms with Gasteiger partial charge in [0.2, 0.25) is 0 Å². The van der Waals surface area contributed by atoms with Crippen LogP contribution in [0.15, 0.2) is 48.8 Å². The number of fused-ring (bicyclic) bond motifs is 1. The highest BCUT2D eigenvalue weighted by molar-refractivity contribution is 5.90. The van der Waals surface area contributed by atoms with Crippen LogP contribution in [0.3, 0.4) is 0 Å². The number of rotatable bonds is 5. The zero-order chi connectivity index (χ0) is 22.1. The molecule has 2 aromatic carbocycles. The molecule has 1 spiro atoms. The van der Waals surface area contributed by atoms with Crippen molar-refractivity contribution in [1.82, 2.24) is 9.55 Å². The van der Waals surface area contributed by atoms with Gasteiger partial charge in [-0.1, -0.05) is 6.07 Å². The fourth-order valence-electron chi connectivity index (χ4n) is 5.12. The molecule has 0 unspecified atom stereocenters. The van der Waals surface area contributed by atoms with Crippen LogP contribution >= 0.6 is 0 Å². The Hall–Kier alpha value is -3.53. The first-order valence-electron chi connectivity index (χ1n) is 11.2. The zero-order valence-electron chi connectivity index (χ0n) is 18.2. The summed E-state index contributed by atoms with van der Waals surface area (Å²) in [5.74, 6) is 1.12. The summed E-state index contributed by atoms with van der Waals surface area (Å²) in [4.78, 5) is 19.0. The summed E-state index contributed by atoms with van der Waals surface area (Å²) in [6.45, 7) is 3.88. The summed E-state index contributed by atoms with van der Waals surface area (Å²) in [5, 5.41) is 9.24. The van der Waals surface area contributed by atoms with Gasteiger partial charge in [0.25, 0.3) is 0 Å². The molecule has 0 N–H and O–H groups in total. The average molecular weight is 431 g/mol. The molecule has 1 saturated heterocycles. The molecule has 7 nitrogen and oxygen atoms in total. The quantitative estimate of drug-likeness (QED) is 0.576. The number of carbonyl (C=O) groups is 1.